The largest absolute Gasteiger partial charge is 0.381 e. The smallest absolute Gasteiger partial charge is 0.0589 e. The Balaban J connectivity index is 1.65. The van der Waals surface area contributed by atoms with Crippen molar-refractivity contribution in [1.29, 1.82) is 0 Å². The highest BCUT2D eigenvalue weighted by atomic mass is 16.5. The van der Waals surface area contributed by atoms with Crippen LogP contribution in [0.5, 0.6) is 0 Å². The summed E-state index contributed by atoms with van der Waals surface area (Å²) in [5.74, 6) is 0. The van der Waals surface area contributed by atoms with Gasteiger partial charge < -0.3 is 10.5 Å². The van der Waals surface area contributed by atoms with Gasteiger partial charge in [-0.1, -0.05) is 12.8 Å². The summed E-state index contributed by atoms with van der Waals surface area (Å²) >= 11 is 0. The Morgan fingerprint density at radius 1 is 1.05 bits per heavy atom. The quantitative estimate of drug-likeness (QED) is 0.864. The summed E-state index contributed by atoms with van der Waals surface area (Å²) in [6, 6.07) is 0. The lowest BCUT2D eigenvalue weighted by Crippen LogP contribution is -2.60. The first-order valence-corrected chi connectivity index (χ1v) is 8.70. The first kappa shape index (κ1) is 14.8. The normalized spacial score (nSPS) is 38.4. The third-order valence-electron chi connectivity index (χ3n) is 6.65. The summed E-state index contributed by atoms with van der Waals surface area (Å²) in [5, 5.41) is 0. The third kappa shape index (κ3) is 2.65. The van der Waals surface area contributed by atoms with Crippen molar-refractivity contribution in [2.24, 2.45) is 11.1 Å². The van der Waals surface area contributed by atoms with Crippen LogP contribution in [0.2, 0.25) is 0 Å². The Kier molecular flexibility index (Phi) is 4.40. The Hall–Kier alpha value is -0.120. The molecule has 2 unspecified atom stereocenters. The van der Waals surface area contributed by atoms with Crippen LogP contribution in [0.3, 0.4) is 0 Å². The molecule has 3 fully saturated rings. The molecular weight excluding hydrogens is 248 g/mol. The first-order chi connectivity index (χ1) is 9.72. The molecular formula is C17H32N2O. The van der Waals surface area contributed by atoms with Gasteiger partial charge in [0.2, 0.25) is 0 Å². The maximum absolute atomic E-state index is 6.23. The number of methoxy groups -OCH3 is 1. The zero-order valence-electron chi connectivity index (χ0n) is 13.2. The number of hydrogen-bond acceptors (Lipinski definition) is 3. The summed E-state index contributed by atoms with van der Waals surface area (Å²) in [4.78, 5) is 2.74. The predicted molar refractivity (Wildman–Crippen MR) is 82.8 cm³/mol. The van der Waals surface area contributed by atoms with Crippen LogP contribution in [-0.4, -0.2) is 43.3 Å². The van der Waals surface area contributed by atoms with E-state index in [0.29, 0.717) is 11.5 Å². The molecule has 3 nitrogen and oxygen atoms in total. The van der Waals surface area contributed by atoms with Gasteiger partial charge in [-0.2, -0.15) is 0 Å². The Labute approximate surface area is 124 Å². The second-order valence-corrected chi connectivity index (χ2v) is 7.58. The van der Waals surface area contributed by atoms with E-state index in [1.54, 1.807) is 0 Å². The minimum absolute atomic E-state index is 0.235. The molecule has 3 heteroatoms. The van der Waals surface area contributed by atoms with Crippen LogP contribution in [0.25, 0.3) is 0 Å². The molecule has 2 saturated carbocycles. The van der Waals surface area contributed by atoms with Crippen molar-refractivity contribution in [2.45, 2.75) is 75.9 Å². The van der Waals surface area contributed by atoms with Crippen LogP contribution in [0.4, 0.5) is 0 Å². The first-order valence-electron chi connectivity index (χ1n) is 8.70. The minimum Gasteiger partial charge on any atom is -0.381 e. The molecule has 0 radical (unpaired) electrons. The Morgan fingerprint density at radius 2 is 1.75 bits per heavy atom. The predicted octanol–water partition coefficient (Wildman–Crippen LogP) is 2.93. The summed E-state index contributed by atoms with van der Waals surface area (Å²) in [7, 11) is 1.86. The maximum atomic E-state index is 6.23. The Morgan fingerprint density at radius 3 is 2.35 bits per heavy atom. The van der Waals surface area contributed by atoms with Crippen molar-refractivity contribution in [3.63, 3.8) is 0 Å². The van der Waals surface area contributed by atoms with E-state index in [0.717, 1.165) is 13.0 Å². The fourth-order valence-electron chi connectivity index (χ4n) is 5.17. The van der Waals surface area contributed by atoms with Crippen molar-refractivity contribution in [3.8, 4) is 0 Å². The maximum Gasteiger partial charge on any atom is 0.0589 e. The molecule has 0 aromatic rings. The minimum atomic E-state index is 0.235. The van der Waals surface area contributed by atoms with E-state index < -0.39 is 0 Å². The number of nitrogens with two attached hydrogens (primary N) is 1. The summed E-state index contributed by atoms with van der Waals surface area (Å²) in [6.07, 6.45) is 14.1. The zero-order chi connectivity index (χ0) is 14.1. The van der Waals surface area contributed by atoms with E-state index in [1.165, 1.54) is 70.9 Å². The molecule has 0 amide bonds. The van der Waals surface area contributed by atoms with Gasteiger partial charge in [-0.05, 0) is 69.9 Å². The zero-order valence-corrected chi connectivity index (χ0v) is 13.2. The lowest BCUT2D eigenvalue weighted by molar-refractivity contribution is -0.0454. The highest BCUT2D eigenvalue weighted by Gasteiger charge is 2.45. The van der Waals surface area contributed by atoms with Gasteiger partial charge in [-0.25, -0.2) is 0 Å². The molecule has 116 valence electrons. The van der Waals surface area contributed by atoms with Gasteiger partial charge in [-0.15, -0.1) is 0 Å². The second kappa shape index (κ2) is 5.94. The highest BCUT2D eigenvalue weighted by molar-refractivity contribution is 5.01. The van der Waals surface area contributed by atoms with Crippen molar-refractivity contribution < 1.29 is 4.74 Å². The van der Waals surface area contributed by atoms with Gasteiger partial charge in [0.05, 0.1) is 6.10 Å². The third-order valence-corrected chi connectivity index (χ3v) is 6.65. The number of hydrogen-bond donors (Lipinski definition) is 1. The number of rotatable bonds is 3. The fourth-order valence-corrected chi connectivity index (χ4v) is 5.17. The van der Waals surface area contributed by atoms with Crippen LogP contribution in [0.1, 0.15) is 64.2 Å². The average Bonchev–Trinajstić information content (AvgIpc) is 2.96. The number of ether oxygens (including phenoxy) is 1. The topological polar surface area (TPSA) is 38.5 Å². The van der Waals surface area contributed by atoms with Crippen molar-refractivity contribution in [3.05, 3.63) is 0 Å². The molecule has 0 bridgehead atoms. The molecule has 3 rings (SSSR count). The van der Waals surface area contributed by atoms with E-state index in [-0.39, 0.29) is 5.54 Å². The molecule has 1 spiro atoms. The van der Waals surface area contributed by atoms with Crippen LogP contribution >= 0.6 is 0 Å². The van der Waals surface area contributed by atoms with E-state index in [9.17, 15) is 0 Å². The van der Waals surface area contributed by atoms with Crippen molar-refractivity contribution in [2.75, 3.05) is 26.7 Å². The molecule has 1 aliphatic heterocycles. The van der Waals surface area contributed by atoms with Crippen molar-refractivity contribution >= 4 is 0 Å². The van der Waals surface area contributed by atoms with E-state index in [1.807, 2.05) is 7.11 Å². The van der Waals surface area contributed by atoms with Crippen LogP contribution in [-0.2, 0) is 4.74 Å². The Bertz CT molecular complexity index is 317. The summed E-state index contributed by atoms with van der Waals surface area (Å²) in [5.41, 5.74) is 7.18. The van der Waals surface area contributed by atoms with Crippen LogP contribution < -0.4 is 5.73 Å². The van der Waals surface area contributed by atoms with Gasteiger partial charge in [0, 0.05) is 19.2 Å². The van der Waals surface area contributed by atoms with Gasteiger partial charge >= 0.3 is 0 Å². The average molecular weight is 280 g/mol. The molecule has 1 heterocycles. The van der Waals surface area contributed by atoms with Gasteiger partial charge in [0.1, 0.15) is 0 Å². The molecule has 0 aromatic heterocycles. The standard InChI is InChI=1S/C17H32N2O/c1-20-15-5-4-8-17(13-15,14-18)19-11-9-16(10-12-19)6-2-3-7-16/h15H,2-14,18H2,1H3. The van der Waals surface area contributed by atoms with Crippen LogP contribution in [0.15, 0.2) is 0 Å². The lowest BCUT2D eigenvalue weighted by Gasteiger charge is -2.52. The van der Waals surface area contributed by atoms with Gasteiger partial charge in [0.15, 0.2) is 0 Å². The van der Waals surface area contributed by atoms with E-state index in [4.69, 9.17) is 10.5 Å². The van der Waals surface area contributed by atoms with E-state index in [2.05, 4.69) is 4.90 Å². The number of piperidine rings is 1. The monoisotopic (exact) mass is 280 g/mol. The molecule has 2 N–H and O–H groups in total. The molecule has 0 aromatic carbocycles. The van der Waals surface area contributed by atoms with Crippen molar-refractivity contribution in [1.82, 2.24) is 4.90 Å². The van der Waals surface area contributed by atoms with Gasteiger partial charge in [-0.3, -0.25) is 4.90 Å². The summed E-state index contributed by atoms with van der Waals surface area (Å²) in [6.45, 7) is 3.35. The second-order valence-electron chi connectivity index (χ2n) is 7.58. The van der Waals surface area contributed by atoms with Crippen LogP contribution in [0, 0.1) is 5.41 Å². The SMILES string of the molecule is COC1CCCC(CN)(N2CCC3(CCCC3)CC2)C1. The lowest BCUT2D eigenvalue weighted by atomic mass is 9.73. The molecule has 2 atom stereocenters. The summed E-state index contributed by atoms with van der Waals surface area (Å²) < 4.78 is 5.65. The number of nitrogens with zero attached hydrogens (tertiary/aromatic N) is 1. The molecule has 2 aliphatic carbocycles. The molecule has 3 aliphatic rings. The highest BCUT2D eigenvalue weighted by Crippen LogP contribution is 2.48. The number of likely N-dealkylation sites (tertiary alicyclic amines) is 1. The molecule has 20 heavy (non-hydrogen) atoms. The van der Waals surface area contributed by atoms with Gasteiger partial charge in [0.25, 0.3) is 0 Å². The van der Waals surface area contributed by atoms with E-state index >= 15 is 0 Å². The molecule has 1 saturated heterocycles. The fraction of sp³-hybridized carbons (Fsp3) is 1.00.